The van der Waals surface area contributed by atoms with Gasteiger partial charge in [0, 0.05) is 5.75 Å². The van der Waals surface area contributed by atoms with Gasteiger partial charge in [0.1, 0.15) is 11.5 Å². The van der Waals surface area contributed by atoms with E-state index < -0.39 is 8.60 Å². The first-order chi connectivity index (χ1) is 10.9. The third-order valence-electron chi connectivity index (χ3n) is 2.70. The second-order valence-corrected chi connectivity index (χ2v) is 5.35. The molecule has 0 saturated carbocycles. The van der Waals surface area contributed by atoms with Crippen molar-refractivity contribution >= 4 is 8.60 Å². The van der Waals surface area contributed by atoms with Gasteiger partial charge in [-0.05, 0) is 24.3 Å². The van der Waals surface area contributed by atoms with Gasteiger partial charge in [0.2, 0.25) is 0 Å². The SMILES string of the molecule is [c-]1ccccc1OP(Oc1ccccc1)Oc1ccccc1. The highest BCUT2D eigenvalue weighted by molar-refractivity contribution is 7.43. The summed E-state index contributed by atoms with van der Waals surface area (Å²) < 4.78 is 17.4. The number of hydrogen-bond acceptors (Lipinski definition) is 3. The zero-order valence-corrected chi connectivity index (χ0v) is 12.6. The molecule has 0 N–H and O–H groups in total. The van der Waals surface area contributed by atoms with E-state index in [1.807, 2.05) is 78.9 Å². The van der Waals surface area contributed by atoms with E-state index in [1.54, 1.807) is 6.07 Å². The molecule has 22 heavy (non-hydrogen) atoms. The largest absolute Gasteiger partial charge is 0.528 e. The van der Waals surface area contributed by atoms with E-state index in [2.05, 4.69) is 6.07 Å². The molecule has 4 heteroatoms. The molecule has 110 valence electrons. The molecule has 0 heterocycles. The first-order valence-corrected chi connectivity index (χ1v) is 7.90. The van der Waals surface area contributed by atoms with Crippen molar-refractivity contribution in [3.05, 3.63) is 91.0 Å². The summed E-state index contributed by atoms with van der Waals surface area (Å²) in [7, 11) is -1.62. The Morgan fingerprint density at radius 3 is 1.64 bits per heavy atom. The average molecular weight is 309 g/mol. The quantitative estimate of drug-likeness (QED) is 0.460. The van der Waals surface area contributed by atoms with Gasteiger partial charge in [0.15, 0.2) is 0 Å². The molecular formula is C18H14O3P-. The Morgan fingerprint density at radius 1 is 0.591 bits per heavy atom. The molecule has 0 aromatic heterocycles. The lowest BCUT2D eigenvalue weighted by Crippen LogP contribution is -2.02. The Bertz CT molecular complexity index is 576. The zero-order valence-electron chi connectivity index (χ0n) is 11.8. The lowest BCUT2D eigenvalue weighted by Gasteiger charge is -2.19. The standard InChI is InChI=1S/C18H14O3P/c1-4-10-16(11-5-1)19-22(20-17-12-6-2-7-13-17)21-18-14-8-3-9-15-18/h1-14H/q-1. The molecule has 0 saturated heterocycles. The third kappa shape index (κ3) is 4.24. The van der Waals surface area contributed by atoms with Crippen molar-refractivity contribution in [2.75, 3.05) is 0 Å². The van der Waals surface area contributed by atoms with Gasteiger partial charge in [-0.3, -0.25) is 0 Å². The predicted molar refractivity (Wildman–Crippen MR) is 87.0 cm³/mol. The summed E-state index contributed by atoms with van der Waals surface area (Å²) in [5.41, 5.74) is 0. The maximum absolute atomic E-state index is 5.82. The van der Waals surface area contributed by atoms with Crippen LogP contribution in [0.15, 0.2) is 84.9 Å². The molecule has 3 rings (SSSR count). The second kappa shape index (κ2) is 7.48. The van der Waals surface area contributed by atoms with Gasteiger partial charge in [0.25, 0.3) is 0 Å². The van der Waals surface area contributed by atoms with Crippen LogP contribution in [0.25, 0.3) is 0 Å². The van der Waals surface area contributed by atoms with Gasteiger partial charge in [-0.15, -0.1) is 12.1 Å². The molecule has 0 aliphatic carbocycles. The zero-order chi connectivity index (χ0) is 15.0. The van der Waals surface area contributed by atoms with Crippen molar-refractivity contribution < 1.29 is 13.6 Å². The molecule has 0 spiro atoms. The molecule has 0 atom stereocenters. The highest BCUT2D eigenvalue weighted by atomic mass is 31.2. The van der Waals surface area contributed by atoms with Crippen molar-refractivity contribution in [1.82, 2.24) is 0 Å². The van der Waals surface area contributed by atoms with E-state index in [0.717, 1.165) is 0 Å². The van der Waals surface area contributed by atoms with Gasteiger partial charge in [-0.25, -0.2) is 0 Å². The van der Waals surface area contributed by atoms with Crippen LogP contribution in [0, 0.1) is 6.07 Å². The van der Waals surface area contributed by atoms with Crippen LogP contribution >= 0.6 is 8.60 Å². The Morgan fingerprint density at radius 2 is 1.14 bits per heavy atom. The van der Waals surface area contributed by atoms with Crippen molar-refractivity contribution in [3.8, 4) is 17.2 Å². The van der Waals surface area contributed by atoms with E-state index in [0.29, 0.717) is 17.2 Å². The van der Waals surface area contributed by atoms with Crippen LogP contribution in [-0.4, -0.2) is 0 Å². The molecule has 0 radical (unpaired) electrons. The van der Waals surface area contributed by atoms with Crippen molar-refractivity contribution in [1.29, 1.82) is 0 Å². The normalized spacial score (nSPS) is 10.2. The smallest absolute Gasteiger partial charge is 0.436 e. The first kappa shape index (κ1) is 14.4. The van der Waals surface area contributed by atoms with Crippen LogP contribution in [0.4, 0.5) is 0 Å². The van der Waals surface area contributed by atoms with Crippen molar-refractivity contribution in [3.63, 3.8) is 0 Å². The Labute approximate surface area is 131 Å². The molecule has 3 nitrogen and oxygen atoms in total. The van der Waals surface area contributed by atoms with Gasteiger partial charge in [-0.1, -0.05) is 36.4 Å². The van der Waals surface area contributed by atoms with Crippen LogP contribution in [0.1, 0.15) is 0 Å². The van der Waals surface area contributed by atoms with E-state index in [4.69, 9.17) is 13.6 Å². The van der Waals surface area contributed by atoms with Crippen LogP contribution in [-0.2, 0) is 0 Å². The molecule has 0 bridgehead atoms. The monoisotopic (exact) mass is 309 g/mol. The number of rotatable bonds is 6. The van der Waals surface area contributed by atoms with Gasteiger partial charge >= 0.3 is 8.60 Å². The summed E-state index contributed by atoms with van der Waals surface area (Å²) in [5.74, 6) is 1.97. The van der Waals surface area contributed by atoms with E-state index in [-0.39, 0.29) is 0 Å². The van der Waals surface area contributed by atoms with Gasteiger partial charge in [0.05, 0.1) is 0 Å². The van der Waals surface area contributed by atoms with Gasteiger partial charge in [-0.2, -0.15) is 18.2 Å². The highest BCUT2D eigenvalue weighted by Crippen LogP contribution is 2.41. The number of hydrogen-bond donors (Lipinski definition) is 0. The lowest BCUT2D eigenvalue weighted by atomic mass is 10.3. The van der Waals surface area contributed by atoms with Gasteiger partial charge < -0.3 is 13.6 Å². The molecule has 0 unspecified atom stereocenters. The molecule has 0 aliphatic heterocycles. The number of benzene rings is 3. The number of para-hydroxylation sites is 3. The molecule has 0 aliphatic rings. The Kier molecular flexibility index (Phi) is 4.91. The highest BCUT2D eigenvalue weighted by Gasteiger charge is 2.17. The minimum Gasteiger partial charge on any atom is -0.436 e. The third-order valence-corrected chi connectivity index (χ3v) is 3.77. The predicted octanol–water partition coefficient (Wildman–Crippen LogP) is 5.25. The van der Waals surface area contributed by atoms with Crippen LogP contribution in [0.5, 0.6) is 17.2 Å². The summed E-state index contributed by atoms with van der Waals surface area (Å²) >= 11 is 0. The molecular weight excluding hydrogens is 295 g/mol. The second-order valence-electron chi connectivity index (χ2n) is 4.35. The summed E-state index contributed by atoms with van der Waals surface area (Å²) in [4.78, 5) is 0. The Hall–Kier alpha value is -2.51. The minimum absolute atomic E-state index is 0.584. The molecule has 3 aromatic carbocycles. The fourth-order valence-electron chi connectivity index (χ4n) is 1.70. The maximum Gasteiger partial charge on any atom is 0.528 e. The van der Waals surface area contributed by atoms with E-state index >= 15 is 0 Å². The lowest BCUT2D eigenvalue weighted by molar-refractivity contribution is 0.388. The summed E-state index contributed by atoms with van der Waals surface area (Å²) in [6.45, 7) is 0. The molecule has 3 aromatic rings. The molecule has 0 fully saturated rings. The fraction of sp³-hybridized carbons (Fsp3) is 0. The Balaban J connectivity index is 1.75. The van der Waals surface area contributed by atoms with E-state index in [9.17, 15) is 0 Å². The summed E-state index contributed by atoms with van der Waals surface area (Å²) in [6.07, 6.45) is 0. The van der Waals surface area contributed by atoms with Crippen molar-refractivity contribution in [2.45, 2.75) is 0 Å². The first-order valence-electron chi connectivity index (χ1n) is 6.81. The maximum atomic E-state index is 5.82. The van der Waals surface area contributed by atoms with Crippen LogP contribution in [0.3, 0.4) is 0 Å². The van der Waals surface area contributed by atoms with E-state index in [1.165, 1.54) is 0 Å². The summed E-state index contributed by atoms with van der Waals surface area (Å²) in [6, 6.07) is 29.3. The minimum atomic E-state index is -1.62. The van der Waals surface area contributed by atoms with Crippen LogP contribution in [0.2, 0.25) is 0 Å². The topological polar surface area (TPSA) is 27.7 Å². The van der Waals surface area contributed by atoms with Crippen molar-refractivity contribution in [2.24, 2.45) is 0 Å². The molecule has 0 amide bonds. The summed E-state index contributed by atoms with van der Waals surface area (Å²) in [5, 5.41) is 0. The average Bonchev–Trinajstić information content (AvgIpc) is 2.57. The fourth-order valence-corrected chi connectivity index (χ4v) is 2.68. The van der Waals surface area contributed by atoms with Crippen LogP contribution < -0.4 is 13.6 Å².